The van der Waals surface area contributed by atoms with Crippen molar-refractivity contribution in [1.82, 2.24) is 14.4 Å². The third-order valence-electron chi connectivity index (χ3n) is 4.53. The molecule has 0 amide bonds. The molecule has 4 aromatic rings. The molecule has 0 spiro atoms. The zero-order chi connectivity index (χ0) is 19.0. The van der Waals surface area contributed by atoms with E-state index in [1.54, 1.807) is 25.3 Å². The second-order valence-corrected chi connectivity index (χ2v) is 6.23. The summed E-state index contributed by atoms with van der Waals surface area (Å²) in [5.74, 6) is -0.257. The molecule has 2 N–H and O–H groups in total. The molecular weight excluding hydrogens is 342 g/mol. The van der Waals surface area contributed by atoms with Crippen molar-refractivity contribution in [3.63, 3.8) is 0 Å². The molecule has 0 atom stereocenters. The molecule has 0 saturated carbocycles. The van der Waals surface area contributed by atoms with Crippen LogP contribution in [0.2, 0.25) is 0 Å². The SMILES string of the molecule is CC/C(=C\c1ccc2c(c1)[nH]c(=O)c1cnc(-c3ccccc3)n12)C(=O)O. The number of rotatable bonds is 4. The van der Waals surface area contributed by atoms with E-state index >= 15 is 0 Å². The molecule has 134 valence electrons. The van der Waals surface area contributed by atoms with Gasteiger partial charge in [-0.2, -0.15) is 0 Å². The molecule has 6 heteroatoms. The molecule has 0 unspecified atom stereocenters. The van der Waals surface area contributed by atoms with Gasteiger partial charge in [0.1, 0.15) is 11.3 Å². The Morgan fingerprint density at radius 2 is 1.96 bits per heavy atom. The molecule has 2 aromatic heterocycles. The topological polar surface area (TPSA) is 87.5 Å². The lowest BCUT2D eigenvalue weighted by atomic mass is 10.1. The summed E-state index contributed by atoms with van der Waals surface area (Å²) in [5, 5.41) is 9.23. The molecule has 4 rings (SSSR count). The van der Waals surface area contributed by atoms with Gasteiger partial charge in [0.05, 0.1) is 17.2 Å². The van der Waals surface area contributed by atoms with Gasteiger partial charge in [-0.1, -0.05) is 43.3 Å². The van der Waals surface area contributed by atoms with Gasteiger partial charge in [-0.3, -0.25) is 9.20 Å². The second-order valence-electron chi connectivity index (χ2n) is 6.23. The lowest BCUT2D eigenvalue weighted by Gasteiger charge is -2.07. The number of carboxylic acid groups (broad SMARTS) is 1. The average Bonchev–Trinajstić information content (AvgIpc) is 3.12. The van der Waals surface area contributed by atoms with Gasteiger partial charge in [0, 0.05) is 11.1 Å². The molecule has 0 bridgehead atoms. The summed E-state index contributed by atoms with van der Waals surface area (Å²) < 4.78 is 1.83. The standard InChI is InChI=1S/C21H17N3O3/c1-2-14(21(26)27)10-13-8-9-17-16(11-13)23-20(25)18-12-22-19(24(17)18)15-6-4-3-5-7-15/h3-12H,2H2,1H3,(H,23,25)(H,26,27)/b14-10+. The summed E-state index contributed by atoms with van der Waals surface area (Å²) in [7, 11) is 0. The number of hydrogen-bond donors (Lipinski definition) is 2. The van der Waals surface area contributed by atoms with Gasteiger partial charge in [-0.15, -0.1) is 0 Å². The zero-order valence-electron chi connectivity index (χ0n) is 14.6. The largest absolute Gasteiger partial charge is 0.478 e. The van der Waals surface area contributed by atoms with Gasteiger partial charge in [0.25, 0.3) is 5.56 Å². The number of aromatic amines is 1. The van der Waals surface area contributed by atoms with E-state index in [0.29, 0.717) is 28.9 Å². The van der Waals surface area contributed by atoms with Crippen LogP contribution in [-0.4, -0.2) is 25.4 Å². The summed E-state index contributed by atoms with van der Waals surface area (Å²) >= 11 is 0. The fourth-order valence-electron chi connectivity index (χ4n) is 3.19. The highest BCUT2D eigenvalue weighted by Crippen LogP contribution is 2.23. The maximum atomic E-state index is 12.5. The Balaban J connectivity index is 1.98. The van der Waals surface area contributed by atoms with Crippen molar-refractivity contribution < 1.29 is 9.90 Å². The fraction of sp³-hybridized carbons (Fsp3) is 0.0952. The van der Waals surface area contributed by atoms with E-state index in [4.69, 9.17) is 0 Å². The molecular formula is C21H17N3O3. The first kappa shape index (κ1) is 16.8. The molecule has 0 aliphatic rings. The van der Waals surface area contributed by atoms with Crippen molar-refractivity contribution >= 4 is 28.6 Å². The van der Waals surface area contributed by atoms with Crippen LogP contribution in [0.3, 0.4) is 0 Å². The smallest absolute Gasteiger partial charge is 0.331 e. The van der Waals surface area contributed by atoms with Crippen LogP contribution in [-0.2, 0) is 4.79 Å². The van der Waals surface area contributed by atoms with Crippen molar-refractivity contribution in [1.29, 1.82) is 0 Å². The van der Waals surface area contributed by atoms with Gasteiger partial charge in [-0.25, -0.2) is 9.78 Å². The average molecular weight is 359 g/mol. The van der Waals surface area contributed by atoms with E-state index in [1.165, 1.54) is 0 Å². The summed E-state index contributed by atoms with van der Waals surface area (Å²) in [4.78, 5) is 31.1. The van der Waals surface area contributed by atoms with E-state index in [1.807, 2.05) is 46.9 Å². The maximum Gasteiger partial charge on any atom is 0.331 e. The number of imidazole rings is 1. The molecule has 0 aliphatic carbocycles. The Morgan fingerprint density at radius 3 is 2.67 bits per heavy atom. The Kier molecular flexibility index (Phi) is 4.08. The van der Waals surface area contributed by atoms with Crippen molar-refractivity contribution in [3.05, 3.63) is 76.2 Å². The second kappa shape index (κ2) is 6.57. The highest BCUT2D eigenvalue weighted by atomic mass is 16.4. The molecule has 0 saturated heterocycles. The minimum Gasteiger partial charge on any atom is -0.478 e. The molecule has 0 radical (unpaired) electrons. The minimum atomic E-state index is -0.942. The van der Waals surface area contributed by atoms with E-state index in [9.17, 15) is 14.7 Å². The van der Waals surface area contributed by atoms with Gasteiger partial charge in [0.15, 0.2) is 0 Å². The molecule has 2 aromatic carbocycles. The summed E-state index contributed by atoms with van der Waals surface area (Å²) in [6, 6.07) is 15.2. The maximum absolute atomic E-state index is 12.5. The molecule has 0 fully saturated rings. The summed E-state index contributed by atoms with van der Waals surface area (Å²) in [6.45, 7) is 1.80. The summed E-state index contributed by atoms with van der Waals surface area (Å²) in [6.07, 6.45) is 3.60. The lowest BCUT2D eigenvalue weighted by Crippen LogP contribution is -2.10. The number of aliphatic carboxylic acids is 1. The first-order valence-corrected chi connectivity index (χ1v) is 8.61. The zero-order valence-corrected chi connectivity index (χ0v) is 14.6. The fourth-order valence-corrected chi connectivity index (χ4v) is 3.19. The number of carboxylic acids is 1. The Hall–Kier alpha value is -3.67. The van der Waals surface area contributed by atoms with Crippen molar-refractivity contribution in [3.8, 4) is 11.4 Å². The monoisotopic (exact) mass is 359 g/mol. The van der Waals surface area contributed by atoms with Crippen LogP contribution >= 0.6 is 0 Å². The predicted molar refractivity (Wildman–Crippen MR) is 105 cm³/mol. The third-order valence-corrected chi connectivity index (χ3v) is 4.53. The number of fused-ring (bicyclic) bond motifs is 3. The van der Waals surface area contributed by atoms with Crippen LogP contribution in [0.25, 0.3) is 34.0 Å². The molecule has 27 heavy (non-hydrogen) atoms. The third kappa shape index (κ3) is 2.91. The van der Waals surface area contributed by atoms with Gasteiger partial charge in [-0.05, 0) is 30.2 Å². The molecule has 2 heterocycles. The first-order chi connectivity index (χ1) is 13.1. The first-order valence-electron chi connectivity index (χ1n) is 8.61. The minimum absolute atomic E-state index is 0.243. The van der Waals surface area contributed by atoms with Crippen LogP contribution < -0.4 is 5.56 Å². The van der Waals surface area contributed by atoms with Crippen LogP contribution in [0.4, 0.5) is 0 Å². The van der Waals surface area contributed by atoms with Crippen molar-refractivity contribution in [2.45, 2.75) is 13.3 Å². The quantitative estimate of drug-likeness (QED) is 0.544. The van der Waals surface area contributed by atoms with Gasteiger partial charge in [0.2, 0.25) is 0 Å². The van der Waals surface area contributed by atoms with Gasteiger partial charge >= 0.3 is 5.97 Å². The Bertz CT molecular complexity index is 1250. The number of H-pyrrole nitrogens is 1. The van der Waals surface area contributed by atoms with E-state index in [-0.39, 0.29) is 5.56 Å². The number of nitrogens with one attached hydrogen (secondary N) is 1. The number of carbonyl (C=O) groups is 1. The van der Waals surface area contributed by atoms with Crippen molar-refractivity contribution in [2.24, 2.45) is 0 Å². The van der Waals surface area contributed by atoms with Gasteiger partial charge < -0.3 is 10.1 Å². The van der Waals surface area contributed by atoms with E-state index in [2.05, 4.69) is 9.97 Å². The van der Waals surface area contributed by atoms with Crippen LogP contribution in [0.1, 0.15) is 18.9 Å². The number of aromatic nitrogens is 3. The highest BCUT2D eigenvalue weighted by Gasteiger charge is 2.13. The number of hydrogen-bond acceptors (Lipinski definition) is 3. The van der Waals surface area contributed by atoms with Crippen LogP contribution in [0.5, 0.6) is 0 Å². The molecule has 6 nitrogen and oxygen atoms in total. The number of benzene rings is 2. The van der Waals surface area contributed by atoms with E-state index in [0.717, 1.165) is 16.6 Å². The lowest BCUT2D eigenvalue weighted by molar-refractivity contribution is -0.132. The number of nitrogens with zero attached hydrogens (tertiary/aromatic N) is 2. The predicted octanol–water partition coefficient (Wildman–Crippen LogP) is 3.72. The Morgan fingerprint density at radius 1 is 1.19 bits per heavy atom. The highest BCUT2D eigenvalue weighted by molar-refractivity contribution is 5.93. The normalized spacial score (nSPS) is 12.0. The van der Waals surface area contributed by atoms with E-state index < -0.39 is 5.97 Å². The van der Waals surface area contributed by atoms with Crippen LogP contribution in [0, 0.1) is 0 Å². The molecule has 0 aliphatic heterocycles. The Labute approximate surface area is 154 Å². The van der Waals surface area contributed by atoms with Crippen LogP contribution in [0.15, 0.2) is 65.1 Å². The summed E-state index contributed by atoms with van der Waals surface area (Å²) in [5.41, 5.74) is 3.58. The van der Waals surface area contributed by atoms with Crippen molar-refractivity contribution in [2.75, 3.05) is 0 Å².